The minimum atomic E-state index is -0.342. The number of anilines is 1. The number of halogens is 1. The maximum absolute atomic E-state index is 11.8. The molecule has 2 aromatic carbocycles. The van der Waals surface area contributed by atoms with E-state index in [1.54, 1.807) is 12.1 Å². The van der Waals surface area contributed by atoms with Crippen molar-refractivity contribution in [3.8, 4) is 5.75 Å². The molecule has 0 aromatic heterocycles. The van der Waals surface area contributed by atoms with E-state index in [1.165, 1.54) is 0 Å². The van der Waals surface area contributed by atoms with Crippen LogP contribution in [0.15, 0.2) is 36.4 Å². The van der Waals surface area contributed by atoms with Gasteiger partial charge in [-0.05, 0) is 55.7 Å². The monoisotopic (exact) mass is 318 g/mol. The fourth-order valence-corrected chi connectivity index (χ4v) is 2.09. The largest absolute Gasteiger partial charge is 0.473 e. The highest BCUT2D eigenvalue weighted by Crippen LogP contribution is 2.21. The SMILES string of the molecule is Cc1ccc(NC(=O)NCOc2cccc(C)c2C)cc1Cl. The summed E-state index contributed by atoms with van der Waals surface area (Å²) in [6.07, 6.45) is 0. The first-order valence-corrected chi connectivity index (χ1v) is 7.35. The van der Waals surface area contributed by atoms with Crippen molar-refractivity contribution in [1.82, 2.24) is 5.32 Å². The second-order valence-electron chi connectivity index (χ2n) is 5.08. The van der Waals surface area contributed by atoms with Gasteiger partial charge in [-0.25, -0.2) is 4.79 Å². The summed E-state index contributed by atoms with van der Waals surface area (Å²) in [5.41, 5.74) is 3.82. The van der Waals surface area contributed by atoms with Gasteiger partial charge in [-0.1, -0.05) is 29.8 Å². The number of ether oxygens (including phenoxy) is 1. The molecule has 0 saturated carbocycles. The van der Waals surface area contributed by atoms with Crippen molar-refractivity contribution in [1.29, 1.82) is 0 Å². The maximum Gasteiger partial charge on any atom is 0.321 e. The van der Waals surface area contributed by atoms with Crippen LogP contribution in [0.3, 0.4) is 0 Å². The van der Waals surface area contributed by atoms with Gasteiger partial charge in [0.1, 0.15) is 5.75 Å². The molecule has 2 rings (SSSR count). The number of aryl methyl sites for hydroxylation is 2. The minimum absolute atomic E-state index is 0.0930. The molecule has 0 aliphatic rings. The lowest BCUT2D eigenvalue weighted by Gasteiger charge is -2.12. The fraction of sp³-hybridized carbons (Fsp3) is 0.235. The Bertz CT molecular complexity index is 686. The van der Waals surface area contributed by atoms with E-state index in [2.05, 4.69) is 10.6 Å². The molecule has 0 radical (unpaired) electrons. The van der Waals surface area contributed by atoms with E-state index in [4.69, 9.17) is 16.3 Å². The van der Waals surface area contributed by atoms with Gasteiger partial charge >= 0.3 is 6.03 Å². The second kappa shape index (κ2) is 7.18. The molecule has 0 unspecified atom stereocenters. The zero-order chi connectivity index (χ0) is 16.1. The number of amides is 2. The molecule has 2 N–H and O–H groups in total. The van der Waals surface area contributed by atoms with Crippen molar-refractivity contribution >= 4 is 23.3 Å². The normalized spacial score (nSPS) is 10.2. The summed E-state index contributed by atoms with van der Waals surface area (Å²) in [6, 6.07) is 10.8. The number of nitrogens with one attached hydrogen (secondary N) is 2. The van der Waals surface area contributed by atoms with Crippen LogP contribution in [0.2, 0.25) is 5.02 Å². The Kier molecular flexibility index (Phi) is 5.28. The molecule has 0 atom stereocenters. The average Bonchev–Trinajstić information content (AvgIpc) is 2.47. The van der Waals surface area contributed by atoms with E-state index < -0.39 is 0 Å². The van der Waals surface area contributed by atoms with E-state index in [0.29, 0.717) is 10.7 Å². The third kappa shape index (κ3) is 4.15. The quantitative estimate of drug-likeness (QED) is 0.820. The Morgan fingerprint density at radius 2 is 1.91 bits per heavy atom. The topological polar surface area (TPSA) is 50.4 Å². The molecule has 22 heavy (non-hydrogen) atoms. The molecular formula is C17H19ClN2O2. The van der Waals surface area contributed by atoms with Gasteiger partial charge in [-0.2, -0.15) is 0 Å². The van der Waals surface area contributed by atoms with Crippen LogP contribution >= 0.6 is 11.6 Å². The number of carbonyl (C=O) groups is 1. The summed E-state index contributed by atoms with van der Waals surface area (Å²) in [5.74, 6) is 0.763. The van der Waals surface area contributed by atoms with E-state index >= 15 is 0 Å². The van der Waals surface area contributed by atoms with Gasteiger partial charge in [0.25, 0.3) is 0 Å². The average molecular weight is 319 g/mol. The fourth-order valence-electron chi connectivity index (χ4n) is 1.91. The highest BCUT2D eigenvalue weighted by Gasteiger charge is 2.05. The second-order valence-corrected chi connectivity index (χ2v) is 5.49. The molecule has 4 nitrogen and oxygen atoms in total. The lowest BCUT2D eigenvalue weighted by Crippen LogP contribution is -2.32. The molecule has 116 valence electrons. The highest BCUT2D eigenvalue weighted by molar-refractivity contribution is 6.31. The van der Waals surface area contributed by atoms with Crippen molar-refractivity contribution in [2.75, 3.05) is 12.0 Å². The molecule has 0 aliphatic carbocycles. The van der Waals surface area contributed by atoms with Crippen LogP contribution in [0.5, 0.6) is 5.75 Å². The summed E-state index contributed by atoms with van der Waals surface area (Å²) in [6.45, 7) is 6.00. The predicted octanol–water partition coefficient (Wildman–Crippen LogP) is 4.42. The standard InChI is InChI=1S/C17H19ClN2O2/c1-11-5-4-6-16(13(11)3)22-10-19-17(21)20-14-8-7-12(2)15(18)9-14/h4-9H,10H2,1-3H3,(H2,19,20,21). The lowest BCUT2D eigenvalue weighted by molar-refractivity contribution is 0.234. The molecule has 0 fully saturated rings. The Balaban J connectivity index is 1.85. The molecule has 0 bridgehead atoms. The lowest BCUT2D eigenvalue weighted by atomic mass is 10.1. The Morgan fingerprint density at radius 1 is 1.14 bits per heavy atom. The summed E-state index contributed by atoms with van der Waals surface area (Å²) in [4.78, 5) is 11.8. The van der Waals surface area contributed by atoms with Crippen molar-refractivity contribution in [3.05, 3.63) is 58.1 Å². The van der Waals surface area contributed by atoms with Gasteiger partial charge in [-0.15, -0.1) is 0 Å². The first-order valence-electron chi connectivity index (χ1n) is 6.97. The van der Waals surface area contributed by atoms with Gasteiger partial charge in [0.05, 0.1) is 0 Å². The zero-order valence-electron chi connectivity index (χ0n) is 12.9. The van der Waals surface area contributed by atoms with Crippen molar-refractivity contribution in [3.63, 3.8) is 0 Å². The third-order valence-electron chi connectivity index (χ3n) is 3.45. The van der Waals surface area contributed by atoms with Crippen molar-refractivity contribution in [2.45, 2.75) is 20.8 Å². The van der Waals surface area contributed by atoms with Gasteiger partial charge < -0.3 is 15.4 Å². The van der Waals surface area contributed by atoms with E-state index in [0.717, 1.165) is 22.4 Å². The predicted molar refractivity (Wildman–Crippen MR) is 89.8 cm³/mol. The Labute approximate surface area is 135 Å². The van der Waals surface area contributed by atoms with Gasteiger partial charge in [-0.3, -0.25) is 0 Å². The van der Waals surface area contributed by atoms with Crippen LogP contribution in [0.4, 0.5) is 10.5 Å². The summed E-state index contributed by atoms with van der Waals surface area (Å²) >= 11 is 6.02. The molecule has 2 aromatic rings. The van der Waals surface area contributed by atoms with Crippen LogP contribution in [-0.4, -0.2) is 12.8 Å². The van der Waals surface area contributed by atoms with E-state index in [-0.39, 0.29) is 12.8 Å². The minimum Gasteiger partial charge on any atom is -0.473 e. The van der Waals surface area contributed by atoms with Crippen LogP contribution in [0, 0.1) is 20.8 Å². The summed E-state index contributed by atoms with van der Waals surface area (Å²) in [7, 11) is 0. The summed E-state index contributed by atoms with van der Waals surface area (Å²) < 4.78 is 5.57. The van der Waals surface area contributed by atoms with Gasteiger partial charge in [0.2, 0.25) is 0 Å². The molecule has 0 heterocycles. The zero-order valence-corrected chi connectivity index (χ0v) is 13.6. The molecule has 2 amide bonds. The molecule has 0 aliphatic heterocycles. The Hall–Kier alpha value is -2.20. The maximum atomic E-state index is 11.8. The van der Waals surface area contributed by atoms with Crippen LogP contribution in [0.25, 0.3) is 0 Å². The third-order valence-corrected chi connectivity index (χ3v) is 3.85. The number of hydrogen-bond acceptors (Lipinski definition) is 2. The van der Waals surface area contributed by atoms with E-state index in [9.17, 15) is 4.79 Å². The number of urea groups is 1. The first kappa shape index (κ1) is 16.2. The number of hydrogen-bond donors (Lipinski definition) is 2. The molecular weight excluding hydrogens is 300 g/mol. The van der Waals surface area contributed by atoms with Crippen LogP contribution in [0.1, 0.15) is 16.7 Å². The van der Waals surface area contributed by atoms with Gasteiger partial charge in [0, 0.05) is 10.7 Å². The molecule has 0 spiro atoms. The van der Waals surface area contributed by atoms with Gasteiger partial charge in [0.15, 0.2) is 6.73 Å². The first-order chi connectivity index (χ1) is 10.5. The van der Waals surface area contributed by atoms with Crippen molar-refractivity contribution in [2.24, 2.45) is 0 Å². The number of benzene rings is 2. The Morgan fingerprint density at radius 3 is 2.64 bits per heavy atom. The highest BCUT2D eigenvalue weighted by atomic mass is 35.5. The van der Waals surface area contributed by atoms with Crippen LogP contribution < -0.4 is 15.4 Å². The molecule has 0 saturated heterocycles. The summed E-state index contributed by atoms with van der Waals surface area (Å²) in [5, 5.41) is 5.97. The smallest absolute Gasteiger partial charge is 0.321 e. The van der Waals surface area contributed by atoms with Crippen molar-refractivity contribution < 1.29 is 9.53 Å². The van der Waals surface area contributed by atoms with Crippen LogP contribution in [-0.2, 0) is 0 Å². The molecule has 5 heteroatoms. The van der Waals surface area contributed by atoms with E-state index in [1.807, 2.05) is 45.0 Å². The number of carbonyl (C=O) groups excluding carboxylic acids is 1. The number of rotatable bonds is 4.